The average molecular weight is 408 g/mol. The zero-order valence-corrected chi connectivity index (χ0v) is 17.0. The van der Waals surface area contributed by atoms with Crippen LogP contribution in [0.4, 0.5) is 10.1 Å². The number of dihydropyridines is 1. The summed E-state index contributed by atoms with van der Waals surface area (Å²) in [5.41, 5.74) is 5.69. The van der Waals surface area contributed by atoms with Crippen LogP contribution in [0.2, 0.25) is 0 Å². The maximum absolute atomic E-state index is 13.3. The summed E-state index contributed by atoms with van der Waals surface area (Å²) in [7, 11) is 3.80. The van der Waals surface area contributed by atoms with Crippen LogP contribution in [0.5, 0.6) is 0 Å². The number of nitrogens with one attached hydrogen (secondary N) is 1. The van der Waals surface area contributed by atoms with Gasteiger partial charge in [-0.2, -0.15) is 0 Å². The maximum atomic E-state index is 13.3. The third-order valence-electron chi connectivity index (χ3n) is 5.88. The molecule has 1 aliphatic heterocycles. The van der Waals surface area contributed by atoms with E-state index in [0.29, 0.717) is 16.6 Å². The smallest absolute Gasteiger partial charge is 0.231 e. The topological polar surface area (TPSA) is 83.6 Å². The van der Waals surface area contributed by atoms with E-state index in [9.17, 15) is 9.18 Å². The Morgan fingerprint density at radius 3 is 2.68 bits per heavy atom. The van der Waals surface area contributed by atoms with Gasteiger partial charge in [-0.1, -0.05) is 11.6 Å². The van der Waals surface area contributed by atoms with Crippen molar-refractivity contribution in [2.45, 2.75) is 31.8 Å². The molecule has 1 amide bonds. The van der Waals surface area contributed by atoms with Crippen LogP contribution in [0.1, 0.15) is 25.7 Å². The summed E-state index contributed by atoms with van der Waals surface area (Å²) in [4.78, 5) is 22.9. The number of halogens is 2. The molecule has 2 heterocycles. The molecule has 0 bridgehead atoms. The second-order valence-electron chi connectivity index (χ2n) is 7.93. The minimum atomic E-state index is -0.903. The number of nitrogens with zero attached hydrogens (tertiary/aromatic N) is 3. The summed E-state index contributed by atoms with van der Waals surface area (Å²) in [6, 6.07) is 1.44. The Morgan fingerprint density at radius 1 is 1.36 bits per heavy atom. The number of nitrogens with two attached hydrogens (primary N) is 1. The van der Waals surface area contributed by atoms with Crippen LogP contribution < -0.4 is 11.1 Å². The quantitative estimate of drug-likeness (QED) is 0.759. The Balaban J connectivity index is 1.68. The molecular weight excluding hydrogens is 381 g/mol. The summed E-state index contributed by atoms with van der Waals surface area (Å²) >= 11 is 6.23. The lowest BCUT2D eigenvalue weighted by Crippen LogP contribution is -2.56. The second-order valence-corrected chi connectivity index (χ2v) is 8.37. The molecule has 8 heteroatoms. The van der Waals surface area contributed by atoms with Crippen molar-refractivity contribution in [2.75, 3.05) is 26.0 Å². The van der Waals surface area contributed by atoms with E-state index in [1.165, 1.54) is 12.3 Å². The number of primary amides is 1. The van der Waals surface area contributed by atoms with E-state index in [1.807, 2.05) is 19.0 Å². The van der Waals surface area contributed by atoms with Crippen LogP contribution in [-0.2, 0) is 4.79 Å². The number of allylic oxidation sites excluding steroid dienone is 1. The number of carbonyl (C=O) groups excluding carboxylic acids is 1. The normalized spacial score (nSPS) is 30.2. The molecule has 3 N–H and O–H groups in total. The Bertz CT molecular complexity index is 776. The molecule has 0 spiro atoms. The van der Waals surface area contributed by atoms with E-state index >= 15 is 0 Å². The zero-order chi connectivity index (χ0) is 20.3. The van der Waals surface area contributed by atoms with Crippen molar-refractivity contribution in [1.82, 2.24) is 9.88 Å². The number of anilines is 1. The largest absolute Gasteiger partial charge is 0.383 e. The van der Waals surface area contributed by atoms with E-state index in [-0.39, 0.29) is 23.8 Å². The van der Waals surface area contributed by atoms with E-state index in [2.05, 4.69) is 15.3 Å². The van der Waals surface area contributed by atoms with Crippen LogP contribution in [-0.4, -0.2) is 48.8 Å². The minimum Gasteiger partial charge on any atom is -0.383 e. The number of aliphatic imine (C=N–C) groups is 1. The summed E-state index contributed by atoms with van der Waals surface area (Å²) in [5, 5.41) is 3.71. The van der Waals surface area contributed by atoms with Gasteiger partial charge in [0, 0.05) is 18.8 Å². The fourth-order valence-electron chi connectivity index (χ4n) is 4.51. The predicted molar refractivity (Wildman–Crippen MR) is 110 cm³/mol. The van der Waals surface area contributed by atoms with Gasteiger partial charge in [0.25, 0.3) is 0 Å². The van der Waals surface area contributed by atoms with Gasteiger partial charge < -0.3 is 11.1 Å². The Labute approximate surface area is 170 Å². The van der Waals surface area contributed by atoms with Gasteiger partial charge in [-0.3, -0.25) is 19.7 Å². The number of rotatable bonds is 6. The van der Waals surface area contributed by atoms with Gasteiger partial charge in [-0.05, 0) is 57.7 Å². The zero-order valence-electron chi connectivity index (χ0n) is 16.2. The summed E-state index contributed by atoms with van der Waals surface area (Å²) in [5.74, 6) is -0.216. The van der Waals surface area contributed by atoms with Gasteiger partial charge >= 0.3 is 0 Å². The number of hydrogen-bond donors (Lipinski definition) is 2. The molecule has 1 aliphatic carbocycles. The van der Waals surface area contributed by atoms with Crippen LogP contribution >= 0.6 is 11.6 Å². The third kappa shape index (κ3) is 4.20. The van der Waals surface area contributed by atoms with Crippen molar-refractivity contribution in [3.63, 3.8) is 0 Å². The lowest BCUT2D eigenvalue weighted by molar-refractivity contribution is -0.132. The highest BCUT2D eigenvalue weighted by Gasteiger charge is 2.51. The first-order chi connectivity index (χ1) is 13.3. The number of hydrogen-bond acceptors (Lipinski definition) is 5. The van der Waals surface area contributed by atoms with E-state index in [1.54, 1.807) is 18.5 Å². The van der Waals surface area contributed by atoms with Crippen LogP contribution in [0.25, 0.3) is 0 Å². The van der Waals surface area contributed by atoms with Gasteiger partial charge in [0.2, 0.25) is 5.91 Å². The molecule has 6 nitrogen and oxygen atoms in total. The number of carbonyl (C=O) groups is 1. The standard InChI is InChI=1S/C20H27ClFN5O/c1-27(2)19-20(18(23)28,8-15(21)10-26-19)14-5-3-13(4-6-14)9-25-17-7-16(22)11-24-12-17/h7-8,10-14,19,25H,3-6,9H2,1-2H3,(H2,23,28). The maximum Gasteiger partial charge on any atom is 0.231 e. The van der Waals surface area contributed by atoms with Crippen LogP contribution in [0.3, 0.4) is 0 Å². The van der Waals surface area contributed by atoms with Gasteiger partial charge in [0.15, 0.2) is 0 Å². The van der Waals surface area contributed by atoms with Crippen molar-refractivity contribution in [3.8, 4) is 0 Å². The van der Waals surface area contributed by atoms with Crippen molar-refractivity contribution in [3.05, 3.63) is 35.4 Å². The molecule has 28 heavy (non-hydrogen) atoms. The molecule has 3 rings (SSSR count). The predicted octanol–water partition coefficient (Wildman–Crippen LogP) is 3.01. The number of pyridine rings is 1. The first-order valence-electron chi connectivity index (χ1n) is 9.55. The van der Waals surface area contributed by atoms with Crippen molar-refractivity contribution in [2.24, 2.45) is 28.0 Å². The van der Waals surface area contributed by atoms with Gasteiger partial charge in [0.05, 0.1) is 23.1 Å². The molecule has 0 radical (unpaired) electrons. The van der Waals surface area contributed by atoms with Gasteiger partial charge in [-0.15, -0.1) is 0 Å². The molecule has 1 aromatic rings. The molecule has 1 saturated carbocycles. The lowest BCUT2D eigenvalue weighted by atomic mass is 9.63. The first kappa shape index (κ1) is 20.7. The van der Waals surface area contributed by atoms with Gasteiger partial charge in [-0.25, -0.2) is 4.39 Å². The molecule has 1 aromatic heterocycles. The molecule has 2 aliphatic rings. The monoisotopic (exact) mass is 407 g/mol. The third-order valence-corrected chi connectivity index (χ3v) is 6.09. The summed E-state index contributed by atoms with van der Waals surface area (Å²) in [6.07, 6.45) is 9.46. The number of aromatic nitrogens is 1. The summed E-state index contributed by atoms with van der Waals surface area (Å²) in [6.45, 7) is 0.743. The highest BCUT2D eigenvalue weighted by atomic mass is 35.5. The highest BCUT2D eigenvalue weighted by molar-refractivity contribution is 6.39. The van der Waals surface area contributed by atoms with E-state index in [0.717, 1.165) is 32.2 Å². The molecule has 1 fully saturated rings. The average Bonchev–Trinajstić information content (AvgIpc) is 2.66. The second kappa shape index (κ2) is 8.57. The SMILES string of the molecule is CN(C)C1N=CC(Cl)=CC1(C(N)=O)C1CCC(CNc2cncc(F)c2)CC1. The fraction of sp³-hybridized carbons (Fsp3) is 0.550. The van der Waals surface area contributed by atoms with Crippen LogP contribution in [0, 0.1) is 23.1 Å². The molecule has 0 aromatic carbocycles. The molecular formula is C20H27ClFN5O. The summed E-state index contributed by atoms with van der Waals surface area (Å²) < 4.78 is 13.3. The van der Waals surface area contributed by atoms with E-state index < -0.39 is 5.41 Å². The molecule has 2 unspecified atom stereocenters. The van der Waals surface area contributed by atoms with Crippen molar-refractivity contribution in [1.29, 1.82) is 0 Å². The first-order valence-corrected chi connectivity index (χ1v) is 9.93. The molecule has 152 valence electrons. The Hall–Kier alpha value is -1.99. The molecule has 2 atom stereocenters. The lowest BCUT2D eigenvalue weighted by Gasteiger charge is -2.46. The van der Waals surface area contributed by atoms with Crippen molar-refractivity contribution < 1.29 is 9.18 Å². The Kier molecular flexibility index (Phi) is 6.35. The Morgan fingerprint density at radius 2 is 2.07 bits per heavy atom. The van der Waals surface area contributed by atoms with Crippen molar-refractivity contribution >= 4 is 29.4 Å². The van der Waals surface area contributed by atoms with E-state index in [4.69, 9.17) is 17.3 Å². The van der Waals surface area contributed by atoms with Crippen LogP contribution in [0.15, 0.2) is 34.6 Å². The number of amides is 1. The minimum absolute atomic E-state index is 0.0793. The molecule has 0 saturated heterocycles. The fourth-order valence-corrected chi connectivity index (χ4v) is 4.75. The van der Waals surface area contributed by atoms with Gasteiger partial charge in [0.1, 0.15) is 17.4 Å². The highest BCUT2D eigenvalue weighted by Crippen LogP contribution is 2.47.